The number of halogens is 1. The Balaban J connectivity index is 2.82. The summed E-state index contributed by atoms with van der Waals surface area (Å²) in [5, 5.41) is 0. The lowest BCUT2D eigenvalue weighted by atomic mass is 10.3. The molecule has 4 heteroatoms. The number of aromatic nitrogens is 1. The van der Waals surface area contributed by atoms with Crippen LogP contribution in [0.1, 0.15) is 12.6 Å². The predicted octanol–water partition coefficient (Wildman–Crippen LogP) is 2.14. The molecule has 1 aromatic rings. The highest BCUT2D eigenvalue weighted by molar-refractivity contribution is 5.61. The van der Waals surface area contributed by atoms with Crippen molar-refractivity contribution < 1.29 is 4.39 Å². The number of hydrogen-bond donors (Lipinski definition) is 0. The fraction of sp³-hybridized carbons (Fsp3) is 0.400. The van der Waals surface area contributed by atoms with Crippen LogP contribution in [0.3, 0.4) is 0 Å². The molecule has 1 heterocycles. The van der Waals surface area contributed by atoms with Gasteiger partial charge in [0.25, 0.3) is 0 Å². The fourth-order valence-electron chi connectivity index (χ4n) is 0.902. The molecule has 0 N–H and O–H groups in total. The Morgan fingerprint density at radius 1 is 1.57 bits per heavy atom. The van der Waals surface area contributed by atoms with Crippen LogP contribution in [0.15, 0.2) is 17.1 Å². The van der Waals surface area contributed by atoms with Gasteiger partial charge in [0.05, 0.1) is 17.7 Å². The third-order valence-corrected chi connectivity index (χ3v) is 1.92. The van der Waals surface area contributed by atoms with Gasteiger partial charge in [0, 0.05) is 13.6 Å². The van der Waals surface area contributed by atoms with E-state index >= 15 is 0 Å². The zero-order valence-electron chi connectivity index (χ0n) is 8.66. The molecule has 0 amide bonds. The molecule has 0 unspecified atom stereocenters. The number of rotatable bonds is 3. The molecule has 1 aromatic heterocycles. The van der Waals surface area contributed by atoms with Crippen molar-refractivity contribution in [3.8, 4) is 0 Å². The van der Waals surface area contributed by atoms with Crippen LogP contribution >= 0.6 is 0 Å². The van der Waals surface area contributed by atoms with E-state index in [0.29, 0.717) is 11.4 Å². The molecule has 14 heavy (non-hydrogen) atoms. The molecule has 0 aliphatic rings. The monoisotopic (exact) mass is 195 g/mol. The molecule has 1 rings (SSSR count). The van der Waals surface area contributed by atoms with Crippen molar-refractivity contribution in [2.24, 2.45) is 4.99 Å². The zero-order chi connectivity index (χ0) is 10.6. The van der Waals surface area contributed by atoms with Crippen molar-refractivity contribution in [2.75, 3.05) is 13.6 Å². The molecule has 0 radical (unpaired) electrons. The van der Waals surface area contributed by atoms with Gasteiger partial charge in [-0.05, 0) is 26.0 Å². The third-order valence-electron chi connectivity index (χ3n) is 1.92. The molecule has 0 fully saturated rings. The first-order valence-electron chi connectivity index (χ1n) is 4.51. The fourth-order valence-corrected chi connectivity index (χ4v) is 0.902. The van der Waals surface area contributed by atoms with E-state index in [1.807, 2.05) is 18.9 Å². The molecule has 0 bridgehead atoms. The molecule has 0 aliphatic carbocycles. The Morgan fingerprint density at radius 2 is 2.29 bits per heavy atom. The Labute approximate surface area is 83.3 Å². The second-order valence-electron chi connectivity index (χ2n) is 3.06. The van der Waals surface area contributed by atoms with Gasteiger partial charge >= 0.3 is 0 Å². The largest absolute Gasteiger partial charge is 0.366 e. The van der Waals surface area contributed by atoms with Gasteiger partial charge < -0.3 is 4.90 Å². The molecule has 0 aromatic carbocycles. The SMILES string of the molecule is CCN(C)/C=N/c1ccc(F)nc1C. The van der Waals surface area contributed by atoms with Gasteiger partial charge in [0.2, 0.25) is 5.95 Å². The lowest BCUT2D eigenvalue weighted by molar-refractivity contribution is 0.551. The van der Waals surface area contributed by atoms with E-state index in [1.165, 1.54) is 6.07 Å². The summed E-state index contributed by atoms with van der Waals surface area (Å²) in [4.78, 5) is 9.80. The van der Waals surface area contributed by atoms with Crippen molar-refractivity contribution in [1.82, 2.24) is 9.88 Å². The van der Waals surface area contributed by atoms with E-state index in [1.54, 1.807) is 19.3 Å². The summed E-state index contributed by atoms with van der Waals surface area (Å²) in [6, 6.07) is 2.93. The summed E-state index contributed by atoms with van der Waals surface area (Å²) in [7, 11) is 1.93. The predicted molar refractivity (Wildman–Crippen MR) is 55.4 cm³/mol. The summed E-state index contributed by atoms with van der Waals surface area (Å²) in [6.45, 7) is 4.65. The highest BCUT2D eigenvalue weighted by Gasteiger charge is 1.98. The van der Waals surface area contributed by atoms with E-state index in [-0.39, 0.29) is 0 Å². The number of nitrogens with zero attached hydrogens (tertiary/aromatic N) is 3. The highest BCUT2D eigenvalue weighted by Crippen LogP contribution is 2.15. The number of aryl methyl sites for hydroxylation is 1. The molecule has 3 nitrogen and oxygen atoms in total. The van der Waals surface area contributed by atoms with Crippen molar-refractivity contribution in [2.45, 2.75) is 13.8 Å². The second-order valence-corrected chi connectivity index (χ2v) is 3.06. The van der Waals surface area contributed by atoms with E-state index < -0.39 is 5.95 Å². The van der Waals surface area contributed by atoms with Gasteiger partial charge in [-0.15, -0.1) is 0 Å². The number of aliphatic imine (C=N–C) groups is 1. The lowest BCUT2D eigenvalue weighted by Crippen LogP contribution is -2.14. The van der Waals surface area contributed by atoms with Crippen molar-refractivity contribution in [3.63, 3.8) is 0 Å². The summed E-state index contributed by atoms with van der Waals surface area (Å²) in [5.74, 6) is -0.467. The van der Waals surface area contributed by atoms with Crippen LogP contribution in [0.25, 0.3) is 0 Å². The van der Waals surface area contributed by atoms with E-state index in [0.717, 1.165) is 6.54 Å². The van der Waals surface area contributed by atoms with Crippen LogP contribution in [0.5, 0.6) is 0 Å². The van der Waals surface area contributed by atoms with Crippen LogP contribution in [0.4, 0.5) is 10.1 Å². The first-order chi connectivity index (χ1) is 6.63. The van der Waals surface area contributed by atoms with Gasteiger partial charge in [-0.2, -0.15) is 4.39 Å². The van der Waals surface area contributed by atoms with Crippen LogP contribution in [0, 0.1) is 12.9 Å². The molecular formula is C10H14FN3. The molecule has 0 atom stereocenters. The van der Waals surface area contributed by atoms with Crippen molar-refractivity contribution in [1.29, 1.82) is 0 Å². The molecule has 0 saturated heterocycles. The minimum absolute atomic E-state index is 0.467. The van der Waals surface area contributed by atoms with Crippen molar-refractivity contribution in [3.05, 3.63) is 23.8 Å². The highest BCUT2D eigenvalue weighted by atomic mass is 19.1. The first-order valence-corrected chi connectivity index (χ1v) is 4.51. The van der Waals surface area contributed by atoms with Crippen LogP contribution in [0.2, 0.25) is 0 Å². The van der Waals surface area contributed by atoms with Crippen LogP contribution < -0.4 is 0 Å². The topological polar surface area (TPSA) is 28.5 Å². The molecule has 0 aliphatic heterocycles. The van der Waals surface area contributed by atoms with E-state index in [2.05, 4.69) is 9.98 Å². The van der Waals surface area contributed by atoms with Crippen LogP contribution in [-0.4, -0.2) is 29.8 Å². The summed E-state index contributed by atoms with van der Waals surface area (Å²) < 4.78 is 12.6. The maximum absolute atomic E-state index is 12.6. The standard InChI is InChI=1S/C10H14FN3/c1-4-14(3)7-12-9-5-6-10(11)13-8(9)2/h5-7H,4H2,1-3H3/b12-7+. The second kappa shape index (κ2) is 4.69. The Morgan fingerprint density at radius 3 is 2.86 bits per heavy atom. The zero-order valence-corrected chi connectivity index (χ0v) is 8.66. The number of pyridine rings is 1. The summed E-state index contributed by atoms with van der Waals surface area (Å²) >= 11 is 0. The van der Waals surface area contributed by atoms with E-state index in [9.17, 15) is 4.39 Å². The number of hydrogen-bond acceptors (Lipinski definition) is 2. The molecule has 76 valence electrons. The third kappa shape index (κ3) is 2.80. The first kappa shape index (κ1) is 10.6. The summed E-state index contributed by atoms with van der Waals surface area (Å²) in [5.41, 5.74) is 1.30. The molecular weight excluding hydrogens is 181 g/mol. The smallest absolute Gasteiger partial charge is 0.213 e. The molecule has 0 saturated carbocycles. The van der Waals surface area contributed by atoms with Gasteiger partial charge in [-0.25, -0.2) is 9.98 Å². The summed E-state index contributed by atoms with van der Waals surface area (Å²) in [6.07, 6.45) is 1.71. The van der Waals surface area contributed by atoms with E-state index in [4.69, 9.17) is 0 Å². The Kier molecular flexibility index (Phi) is 3.56. The maximum atomic E-state index is 12.6. The average Bonchev–Trinajstić information content (AvgIpc) is 2.16. The van der Waals surface area contributed by atoms with Crippen molar-refractivity contribution >= 4 is 12.0 Å². The van der Waals surface area contributed by atoms with Gasteiger partial charge in [-0.1, -0.05) is 0 Å². The lowest BCUT2D eigenvalue weighted by Gasteiger charge is -2.08. The normalized spacial score (nSPS) is 10.9. The Bertz CT molecular complexity index is 336. The van der Waals surface area contributed by atoms with Crippen LogP contribution in [-0.2, 0) is 0 Å². The Hall–Kier alpha value is -1.45. The quantitative estimate of drug-likeness (QED) is 0.420. The molecule has 0 spiro atoms. The average molecular weight is 195 g/mol. The maximum Gasteiger partial charge on any atom is 0.213 e. The minimum atomic E-state index is -0.467. The van der Waals surface area contributed by atoms with Gasteiger partial charge in [0.15, 0.2) is 0 Å². The van der Waals surface area contributed by atoms with Gasteiger partial charge in [-0.3, -0.25) is 0 Å². The minimum Gasteiger partial charge on any atom is -0.366 e. The van der Waals surface area contributed by atoms with Gasteiger partial charge in [0.1, 0.15) is 0 Å².